The molecule has 1 unspecified atom stereocenters. The number of hydrogen-bond acceptors (Lipinski definition) is 6. The molecule has 0 spiro atoms. The van der Waals surface area contributed by atoms with E-state index < -0.39 is 0 Å². The van der Waals surface area contributed by atoms with E-state index in [2.05, 4.69) is 14.8 Å². The fraction of sp³-hybridized carbons (Fsp3) is 0.320. The van der Waals surface area contributed by atoms with Crippen molar-refractivity contribution in [3.63, 3.8) is 0 Å². The maximum atomic E-state index is 13.9. The number of rotatable bonds is 4. The van der Waals surface area contributed by atoms with Crippen LogP contribution in [0.4, 0.5) is 16.0 Å². The Morgan fingerprint density at radius 1 is 0.970 bits per heavy atom. The minimum atomic E-state index is -0.304. The van der Waals surface area contributed by atoms with E-state index in [1.807, 2.05) is 40.9 Å². The molecule has 2 aliphatic heterocycles. The molecule has 5 heterocycles. The highest BCUT2D eigenvalue weighted by molar-refractivity contribution is 5.62. The van der Waals surface area contributed by atoms with Gasteiger partial charge in [0.05, 0.1) is 24.0 Å². The van der Waals surface area contributed by atoms with E-state index in [-0.39, 0.29) is 18.0 Å². The van der Waals surface area contributed by atoms with Gasteiger partial charge < -0.3 is 14.9 Å². The molecule has 1 N–H and O–H groups in total. The molecule has 3 aromatic heterocycles. The van der Waals surface area contributed by atoms with E-state index in [1.54, 1.807) is 18.3 Å². The monoisotopic (exact) mass is 444 g/mol. The first kappa shape index (κ1) is 20.1. The third-order valence-corrected chi connectivity index (χ3v) is 6.61. The Morgan fingerprint density at radius 3 is 2.73 bits per heavy atom. The summed E-state index contributed by atoms with van der Waals surface area (Å²) in [7, 11) is 0. The number of anilines is 2. The minimum absolute atomic E-state index is 0.0978. The van der Waals surface area contributed by atoms with E-state index in [0.717, 1.165) is 66.6 Å². The Morgan fingerprint density at radius 2 is 1.88 bits per heavy atom. The number of aromatic nitrogens is 4. The van der Waals surface area contributed by atoms with Gasteiger partial charge in [-0.05, 0) is 61.2 Å². The zero-order valence-corrected chi connectivity index (χ0v) is 18.2. The predicted octanol–water partition coefficient (Wildman–Crippen LogP) is 3.84. The maximum Gasteiger partial charge on any atom is 0.154 e. The Bertz CT molecular complexity index is 1310. The van der Waals surface area contributed by atoms with Gasteiger partial charge in [0.25, 0.3) is 0 Å². The maximum absolute atomic E-state index is 13.9. The first-order valence-corrected chi connectivity index (χ1v) is 11.4. The van der Waals surface area contributed by atoms with Crippen molar-refractivity contribution in [3.05, 3.63) is 72.2 Å². The van der Waals surface area contributed by atoms with Gasteiger partial charge in [-0.3, -0.25) is 0 Å². The molecule has 2 saturated heterocycles. The van der Waals surface area contributed by atoms with Crippen molar-refractivity contribution in [3.8, 4) is 11.4 Å². The Hall–Kier alpha value is -3.52. The van der Waals surface area contributed by atoms with Crippen molar-refractivity contribution in [2.24, 2.45) is 0 Å². The van der Waals surface area contributed by atoms with Crippen molar-refractivity contribution >= 4 is 17.3 Å². The lowest BCUT2D eigenvalue weighted by Crippen LogP contribution is -2.24. The van der Waals surface area contributed by atoms with Gasteiger partial charge in [0, 0.05) is 19.6 Å². The van der Waals surface area contributed by atoms with Crippen LogP contribution >= 0.6 is 0 Å². The first-order valence-electron chi connectivity index (χ1n) is 11.4. The van der Waals surface area contributed by atoms with E-state index in [4.69, 9.17) is 10.1 Å². The summed E-state index contributed by atoms with van der Waals surface area (Å²) in [6.07, 6.45) is 4.25. The summed E-state index contributed by atoms with van der Waals surface area (Å²) in [5, 5.41) is 14.8. The topological polar surface area (TPSA) is 69.8 Å². The molecule has 2 aliphatic rings. The van der Waals surface area contributed by atoms with Crippen LogP contribution in [0.3, 0.4) is 0 Å². The van der Waals surface area contributed by atoms with Crippen LogP contribution in [-0.4, -0.2) is 50.4 Å². The number of benzene rings is 1. The lowest BCUT2D eigenvalue weighted by atomic mass is 10.0. The predicted molar refractivity (Wildman–Crippen MR) is 125 cm³/mol. The fourth-order valence-electron chi connectivity index (χ4n) is 4.98. The smallest absolute Gasteiger partial charge is 0.154 e. The van der Waals surface area contributed by atoms with E-state index >= 15 is 0 Å². The number of fused-ring (bicyclic) bond motifs is 1. The second-order valence-electron chi connectivity index (χ2n) is 8.78. The summed E-state index contributed by atoms with van der Waals surface area (Å²) < 4.78 is 15.7. The standard InChI is InChI=1S/C25H25FN6O/c26-18-5-1-4-17(14-18)21-7-3-12-31(21)25-10-9-23-27-15-22(32(23)29-25)20-6-2-8-24(28-20)30-13-11-19(33)16-30/h1-2,4-6,8-10,14-15,19,21,33H,3,7,11-13,16H2/t19-,21?/m1/s1. The molecule has 0 saturated carbocycles. The molecular weight excluding hydrogens is 419 g/mol. The van der Waals surface area contributed by atoms with Gasteiger partial charge in [-0.15, -0.1) is 5.10 Å². The van der Waals surface area contributed by atoms with E-state index in [9.17, 15) is 9.50 Å². The quantitative estimate of drug-likeness (QED) is 0.516. The summed E-state index contributed by atoms with van der Waals surface area (Å²) in [6, 6.07) is 16.8. The molecule has 7 nitrogen and oxygen atoms in total. The highest BCUT2D eigenvalue weighted by Crippen LogP contribution is 2.35. The second-order valence-corrected chi connectivity index (χ2v) is 8.78. The van der Waals surface area contributed by atoms with Crippen LogP contribution in [-0.2, 0) is 0 Å². The molecule has 2 fully saturated rings. The average Bonchev–Trinajstić information content (AvgIpc) is 3.58. The lowest BCUT2D eigenvalue weighted by molar-refractivity contribution is 0.198. The molecule has 0 bridgehead atoms. The van der Waals surface area contributed by atoms with Gasteiger partial charge >= 0.3 is 0 Å². The van der Waals surface area contributed by atoms with Crippen molar-refractivity contribution in [1.29, 1.82) is 0 Å². The first-order chi connectivity index (χ1) is 16.2. The molecule has 168 valence electrons. The summed E-state index contributed by atoms with van der Waals surface area (Å²) >= 11 is 0. The number of hydrogen-bond donors (Lipinski definition) is 1. The number of aliphatic hydroxyl groups excluding tert-OH is 1. The molecule has 2 atom stereocenters. The summed E-state index contributed by atoms with van der Waals surface area (Å²) in [5.41, 5.74) is 3.32. The van der Waals surface area contributed by atoms with Gasteiger partial charge in [-0.25, -0.2) is 18.9 Å². The minimum Gasteiger partial charge on any atom is -0.391 e. The normalized spacial score (nSPS) is 20.8. The van der Waals surface area contributed by atoms with Gasteiger partial charge in [0.2, 0.25) is 0 Å². The Kier molecular flexibility index (Phi) is 4.95. The summed E-state index contributed by atoms with van der Waals surface area (Å²) in [6.45, 7) is 2.26. The average molecular weight is 445 g/mol. The Labute approximate surface area is 191 Å². The summed E-state index contributed by atoms with van der Waals surface area (Å²) in [5.74, 6) is 1.48. The van der Waals surface area contributed by atoms with Crippen LogP contribution in [0.5, 0.6) is 0 Å². The van der Waals surface area contributed by atoms with Crippen molar-refractivity contribution in [2.75, 3.05) is 29.4 Å². The van der Waals surface area contributed by atoms with Crippen LogP contribution in [0.1, 0.15) is 30.9 Å². The highest BCUT2D eigenvalue weighted by Gasteiger charge is 2.28. The third kappa shape index (κ3) is 3.70. The van der Waals surface area contributed by atoms with Crippen LogP contribution in [0, 0.1) is 5.82 Å². The third-order valence-electron chi connectivity index (χ3n) is 6.61. The van der Waals surface area contributed by atoms with Crippen LogP contribution in [0.25, 0.3) is 17.0 Å². The molecule has 0 radical (unpaired) electrons. The Balaban J connectivity index is 1.36. The largest absolute Gasteiger partial charge is 0.391 e. The van der Waals surface area contributed by atoms with Gasteiger partial charge in [-0.1, -0.05) is 18.2 Å². The van der Waals surface area contributed by atoms with Gasteiger partial charge in [0.1, 0.15) is 23.1 Å². The van der Waals surface area contributed by atoms with Gasteiger partial charge in [0.15, 0.2) is 5.65 Å². The van der Waals surface area contributed by atoms with Crippen molar-refractivity contribution < 1.29 is 9.50 Å². The van der Waals surface area contributed by atoms with E-state index in [1.165, 1.54) is 6.07 Å². The van der Waals surface area contributed by atoms with Crippen LogP contribution in [0.15, 0.2) is 60.8 Å². The zero-order chi connectivity index (χ0) is 22.4. The van der Waals surface area contributed by atoms with Crippen molar-refractivity contribution in [2.45, 2.75) is 31.4 Å². The lowest BCUT2D eigenvalue weighted by Gasteiger charge is -2.26. The number of β-amino-alcohol motifs (C(OH)–C–C–N with tert-alkyl or cyclic N) is 1. The number of nitrogens with zero attached hydrogens (tertiary/aromatic N) is 6. The SMILES string of the molecule is O[C@@H]1CCN(c2cccc(-c3cnc4ccc(N5CCCC5c5cccc(F)c5)nn34)n2)C1. The summed E-state index contributed by atoms with van der Waals surface area (Å²) in [4.78, 5) is 13.7. The fourth-order valence-corrected chi connectivity index (χ4v) is 4.98. The zero-order valence-electron chi connectivity index (χ0n) is 18.2. The molecule has 1 aromatic carbocycles. The van der Waals surface area contributed by atoms with Crippen LogP contribution < -0.4 is 9.80 Å². The van der Waals surface area contributed by atoms with E-state index in [0.29, 0.717) is 6.54 Å². The highest BCUT2D eigenvalue weighted by atomic mass is 19.1. The van der Waals surface area contributed by atoms with Crippen LogP contribution in [0.2, 0.25) is 0 Å². The molecule has 0 aliphatic carbocycles. The van der Waals surface area contributed by atoms with Crippen molar-refractivity contribution in [1.82, 2.24) is 19.6 Å². The number of imidazole rings is 1. The molecular formula is C25H25FN6O. The molecule has 8 heteroatoms. The number of aliphatic hydroxyl groups is 1. The molecule has 33 heavy (non-hydrogen) atoms. The molecule has 4 aromatic rings. The second kappa shape index (κ2) is 8.12. The molecule has 0 amide bonds. The number of pyridine rings is 1. The number of halogens is 1. The molecule has 6 rings (SSSR count). The van der Waals surface area contributed by atoms with Gasteiger partial charge in [-0.2, -0.15) is 0 Å².